The van der Waals surface area contributed by atoms with Crippen molar-refractivity contribution in [1.82, 2.24) is 10.2 Å². The first-order valence-electron chi connectivity index (χ1n) is 10.5. The molecule has 1 fully saturated rings. The van der Waals surface area contributed by atoms with Crippen LogP contribution in [0.3, 0.4) is 0 Å². The van der Waals surface area contributed by atoms with Crippen molar-refractivity contribution in [2.24, 2.45) is 0 Å². The Kier molecular flexibility index (Phi) is 5.59. The number of nitrogens with zero attached hydrogens (tertiary/aromatic N) is 3. The summed E-state index contributed by atoms with van der Waals surface area (Å²) in [6.07, 6.45) is 0.364. The maximum absolute atomic E-state index is 12.6. The van der Waals surface area contributed by atoms with Gasteiger partial charge >= 0.3 is 0 Å². The molecule has 2 aromatic carbocycles. The summed E-state index contributed by atoms with van der Waals surface area (Å²) in [6, 6.07) is 11.2. The maximum Gasteiger partial charge on any atom is 0.264 e. The number of carbonyl (C=O) groups is 2. The molecule has 1 atom stereocenters. The van der Waals surface area contributed by atoms with Crippen LogP contribution in [-0.4, -0.2) is 42.0 Å². The molecule has 0 bridgehead atoms. The predicted molar refractivity (Wildman–Crippen MR) is 122 cm³/mol. The van der Waals surface area contributed by atoms with Gasteiger partial charge in [-0.15, -0.1) is 10.2 Å². The smallest absolute Gasteiger partial charge is 0.264 e. The lowest BCUT2D eigenvalue weighted by Crippen LogP contribution is -2.24. The number of hydrogen-bond acceptors (Lipinski definition) is 8. The van der Waals surface area contributed by atoms with Gasteiger partial charge in [-0.25, -0.2) is 0 Å². The van der Waals surface area contributed by atoms with Crippen molar-refractivity contribution in [1.29, 1.82) is 0 Å². The molecule has 0 aliphatic carbocycles. The lowest BCUT2D eigenvalue weighted by molar-refractivity contribution is -0.118. The number of aromatic nitrogens is 2. The summed E-state index contributed by atoms with van der Waals surface area (Å²) in [5.41, 5.74) is 3.13. The molecule has 33 heavy (non-hydrogen) atoms. The topological polar surface area (TPSA) is 103 Å². The van der Waals surface area contributed by atoms with Gasteiger partial charge in [-0.2, -0.15) is 0 Å². The Morgan fingerprint density at radius 2 is 1.94 bits per heavy atom. The van der Waals surface area contributed by atoms with Gasteiger partial charge in [0.15, 0.2) is 18.1 Å². The summed E-state index contributed by atoms with van der Waals surface area (Å²) in [7, 11) is 0. The van der Waals surface area contributed by atoms with Crippen molar-refractivity contribution in [3.63, 3.8) is 0 Å². The molecule has 2 aliphatic heterocycles. The van der Waals surface area contributed by atoms with E-state index in [1.165, 1.54) is 11.3 Å². The maximum atomic E-state index is 12.6. The molecule has 3 aromatic rings. The lowest BCUT2D eigenvalue weighted by Gasteiger charge is -2.17. The van der Waals surface area contributed by atoms with Crippen LogP contribution in [0.25, 0.3) is 0 Å². The monoisotopic (exact) mass is 466 g/mol. The summed E-state index contributed by atoms with van der Waals surface area (Å²) >= 11 is 1.28. The van der Waals surface area contributed by atoms with Gasteiger partial charge in [-0.1, -0.05) is 17.4 Å². The average molecular weight is 467 g/mol. The van der Waals surface area contributed by atoms with E-state index < -0.39 is 0 Å². The molecule has 2 aliphatic rings. The molecule has 5 rings (SSSR count). The summed E-state index contributed by atoms with van der Waals surface area (Å²) in [5.74, 6) is 1.38. The third-order valence-electron chi connectivity index (χ3n) is 5.39. The average Bonchev–Trinajstić information content (AvgIpc) is 3.50. The minimum atomic E-state index is -0.352. The minimum absolute atomic E-state index is 0.0583. The van der Waals surface area contributed by atoms with E-state index in [0.29, 0.717) is 35.3 Å². The molecule has 3 heterocycles. The Balaban J connectivity index is 1.18. The second kappa shape index (κ2) is 8.70. The first-order chi connectivity index (χ1) is 15.9. The molecule has 170 valence electrons. The van der Waals surface area contributed by atoms with Gasteiger partial charge in [-0.3, -0.25) is 14.9 Å². The summed E-state index contributed by atoms with van der Waals surface area (Å²) in [5, 5.41) is 12.1. The first-order valence-corrected chi connectivity index (χ1v) is 11.3. The SMILES string of the molecule is Cc1cc(C)cc(N2CC(c3nnc(NC(=O)COc4ccc5c(c4)OCO5)s3)CC2=O)c1. The highest BCUT2D eigenvalue weighted by Crippen LogP contribution is 2.36. The van der Waals surface area contributed by atoms with Crippen LogP contribution in [0, 0.1) is 13.8 Å². The number of carbonyl (C=O) groups excluding carboxylic acids is 2. The third-order valence-corrected chi connectivity index (χ3v) is 6.39. The van der Waals surface area contributed by atoms with Crippen LogP contribution in [0.4, 0.5) is 10.8 Å². The fraction of sp³-hybridized carbons (Fsp3) is 0.304. The fourth-order valence-corrected chi connectivity index (χ4v) is 4.80. The summed E-state index contributed by atoms with van der Waals surface area (Å²) in [6.45, 7) is 4.57. The summed E-state index contributed by atoms with van der Waals surface area (Å²) < 4.78 is 16.1. The highest BCUT2D eigenvalue weighted by Gasteiger charge is 2.34. The zero-order valence-corrected chi connectivity index (χ0v) is 19.0. The number of nitrogens with one attached hydrogen (secondary N) is 1. The van der Waals surface area contributed by atoms with Crippen molar-refractivity contribution in [3.8, 4) is 17.2 Å². The highest BCUT2D eigenvalue weighted by atomic mass is 32.1. The van der Waals surface area contributed by atoms with E-state index in [4.69, 9.17) is 14.2 Å². The third kappa shape index (κ3) is 4.61. The first kappa shape index (κ1) is 21.2. The van der Waals surface area contributed by atoms with Crippen molar-refractivity contribution < 1.29 is 23.8 Å². The number of fused-ring (bicyclic) bond motifs is 1. The van der Waals surface area contributed by atoms with Gasteiger partial charge in [0.05, 0.1) is 0 Å². The van der Waals surface area contributed by atoms with Gasteiger partial charge < -0.3 is 19.1 Å². The number of aryl methyl sites for hydroxylation is 2. The van der Waals surface area contributed by atoms with E-state index in [1.54, 1.807) is 23.1 Å². The van der Waals surface area contributed by atoms with Crippen molar-refractivity contribution >= 4 is 34.0 Å². The van der Waals surface area contributed by atoms with Crippen molar-refractivity contribution in [2.45, 2.75) is 26.2 Å². The van der Waals surface area contributed by atoms with Crippen LogP contribution in [0.15, 0.2) is 36.4 Å². The number of benzene rings is 2. The van der Waals surface area contributed by atoms with E-state index >= 15 is 0 Å². The number of hydrogen-bond donors (Lipinski definition) is 1. The molecule has 9 nitrogen and oxygen atoms in total. The lowest BCUT2D eigenvalue weighted by atomic mass is 10.1. The van der Waals surface area contributed by atoms with Crippen LogP contribution < -0.4 is 24.4 Å². The number of anilines is 2. The molecule has 1 N–H and O–H groups in total. The second-order valence-corrected chi connectivity index (χ2v) is 9.06. The van der Waals surface area contributed by atoms with E-state index in [-0.39, 0.29) is 31.1 Å². The molecule has 10 heteroatoms. The number of ether oxygens (including phenoxy) is 3. The van der Waals surface area contributed by atoms with Crippen LogP contribution in [0.5, 0.6) is 17.2 Å². The molecule has 0 radical (unpaired) electrons. The number of rotatable bonds is 6. The van der Waals surface area contributed by atoms with Crippen LogP contribution in [0.2, 0.25) is 0 Å². The predicted octanol–water partition coefficient (Wildman–Crippen LogP) is 3.42. The Morgan fingerprint density at radius 1 is 1.15 bits per heavy atom. The molecule has 1 unspecified atom stereocenters. The van der Waals surface area contributed by atoms with Gasteiger partial charge in [0.25, 0.3) is 5.91 Å². The van der Waals surface area contributed by atoms with Crippen molar-refractivity contribution in [3.05, 3.63) is 52.5 Å². The standard InChI is InChI=1S/C23H22N4O5S/c1-13-5-14(2)7-16(6-13)27-10-15(8-21(27)29)22-25-26-23(33-22)24-20(28)11-30-17-3-4-18-19(9-17)32-12-31-18/h3-7,9,15H,8,10-12H2,1-2H3,(H,24,26,28). The van der Waals surface area contributed by atoms with E-state index in [9.17, 15) is 9.59 Å². The Bertz CT molecular complexity index is 1210. The zero-order valence-electron chi connectivity index (χ0n) is 18.2. The van der Waals surface area contributed by atoms with Gasteiger partial charge in [0.1, 0.15) is 10.8 Å². The Hall–Kier alpha value is -3.66. The molecule has 0 saturated carbocycles. The number of amides is 2. The fourth-order valence-electron chi connectivity index (χ4n) is 3.95. The molecule has 1 aromatic heterocycles. The van der Waals surface area contributed by atoms with Crippen LogP contribution in [-0.2, 0) is 9.59 Å². The van der Waals surface area contributed by atoms with E-state index in [2.05, 4.69) is 21.6 Å². The second-order valence-electron chi connectivity index (χ2n) is 8.05. The molecular weight excluding hydrogens is 444 g/mol. The molecular formula is C23H22N4O5S. The van der Waals surface area contributed by atoms with Gasteiger partial charge in [0.2, 0.25) is 17.8 Å². The van der Waals surface area contributed by atoms with Crippen molar-refractivity contribution in [2.75, 3.05) is 30.2 Å². The molecule has 2 amide bonds. The Morgan fingerprint density at radius 3 is 2.76 bits per heavy atom. The Labute approximate surface area is 194 Å². The zero-order chi connectivity index (χ0) is 22.9. The summed E-state index contributed by atoms with van der Waals surface area (Å²) in [4.78, 5) is 26.7. The van der Waals surface area contributed by atoms with E-state index in [1.807, 2.05) is 26.0 Å². The van der Waals surface area contributed by atoms with Crippen LogP contribution >= 0.6 is 11.3 Å². The van der Waals surface area contributed by atoms with Gasteiger partial charge in [-0.05, 0) is 49.2 Å². The van der Waals surface area contributed by atoms with Gasteiger partial charge in [0, 0.05) is 30.6 Å². The van der Waals surface area contributed by atoms with E-state index in [0.717, 1.165) is 21.8 Å². The highest BCUT2D eigenvalue weighted by molar-refractivity contribution is 7.15. The quantitative estimate of drug-likeness (QED) is 0.594. The largest absolute Gasteiger partial charge is 0.484 e. The molecule has 1 saturated heterocycles. The minimum Gasteiger partial charge on any atom is -0.484 e. The normalized spacial score (nSPS) is 16.8. The molecule has 0 spiro atoms. The van der Waals surface area contributed by atoms with Crippen LogP contribution in [0.1, 0.15) is 28.5 Å².